The molecule has 2 fully saturated rings. The minimum Gasteiger partial charge on any atom is -0.464 e. The molecular formula is C20H26ClF3N4O3. The van der Waals surface area contributed by atoms with E-state index in [-0.39, 0.29) is 30.1 Å². The van der Waals surface area contributed by atoms with Crippen LogP contribution in [0.3, 0.4) is 0 Å². The molecule has 1 amide bonds. The summed E-state index contributed by atoms with van der Waals surface area (Å²) < 4.78 is 43.5. The summed E-state index contributed by atoms with van der Waals surface area (Å²) in [5.74, 6) is -0.167. The number of esters is 1. The largest absolute Gasteiger partial charge is 0.464 e. The van der Waals surface area contributed by atoms with Crippen molar-refractivity contribution in [3.8, 4) is 0 Å². The number of alkyl halides is 3. The number of rotatable bonds is 5. The lowest BCUT2D eigenvalue weighted by molar-refractivity contribution is -0.157. The van der Waals surface area contributed by atoms with Gasteiger partial charge in [-0.2, -0.15) is 13.2 Å². The summed E-state index contributed by atoms with van der Waals surface area (Å²) in [5.41, 5.74) is -0.886. The molecule has 3 heterocycles. The van der Waals surface area contributed by atoms with E-state index in [1.165, 1.54) is 0 Å². The number of piperazine rings is 1. The summed E-state index contributed by atoms with van der Waals surface area (Å²) in [7, 11) is 0. The van der Waals surface area contributed by atoms with Crippen LogP contribution in [0.4, 0.5) is 19.0 Å². The Hall–Kier alpha value is -2.07. The lowest BCUT2D eigenvalue weighted by Gasteiger charge is -2.38. The third kappa shape index (κ3) is 5.79. The van der Waals surface area contributed by atoms with Crippen LogP contribution in [0.25, 0.3) is 0 Å². The fourth-order valence-electron chi connectivity index (χ4n) is 3.93. The van der Waals surface area contributed by atoms with Crippen LogP contribution in [-0.2, 0) is 20.5 Å². The van der Waals surface area contributed by atoms with E-state index in [1.54, 1.807) is 11.8 Å². The monoisotopic (exact) mass is 462 g/mol. The molecule has 0 radical (unpaired) electrons. The zero-order chi connectivity index (χ0) is 22.6. The van der Waals surface area contributed by atoms with E-state index in [4.69, 9.17) is 16.3 Å². The number of carbonyl (C=O) groups excluding carboxylic acids is 2. The van der Waals surface area contributed by atoms with Crippen molar-refractivity contribution in [1.29, 1.82) is 0 Å². The molecule has 0 aromatic carbocycles. The second kappa shape index (κ2) is 10.0. The minimum absolute atomic E-state index is 0.0510. The van der Waals surface area contributed by atoms with Crippen LogP contribution in [0.15, 0.2) is 12.3 Å². The Labute approximate surface area is 184 Å². The Bertz CT molecular complexity index is 800. The van der Waals surface area contributed by atoms with Crippen molar-refractivity contribution in [2.24, 2.45) is 0 Å². The Kier molecular flexibility index (Phi) is 7.64. The molecule has 2 aliphatic rings. The number of amides is 1. The van der Waals surface area contributed by atoms with Crippen LogP contribution < -0.4 is 4.90 Å². The van der Waals surface area contributed by atoms with Crippen molar-refractivity contribution >= 4 is 29.3 Å². The number of piperidine rings is 1. The highest BCUT2D eigenvalue weighted by molar-refractivity contribution is 6.33. The first-order valence-corrected chi connectivity index (χ1v) is 10.7. The number of halogens is 4. The molecule has 0 bridgehead atoms. The molecule has 0 saturated carbocycles. The molecule has 1 aromatic heterocycles. The highest BCUT2D eigenvalue weighted by atomic mass is 35.5. The fourth-order valence-corrected chi connectivity index (χ4v) is 4.22. The van der Waals surface area contributed by atoms with Crippen molar-refractivity contribution in [2.45, 2.75) is 38.4 Å². The van der Waals surface area contributed by atoms with Gasteiger partial charge in [0.1, 0.15) is 11.9 Å². The van der Waals surface area contributed by atoms with Crippen molar-refractivity contribution in [1.82, 2.24) is 14.8 Å². The predicted octanol–water partition coefficient (Wildman–Crippen LogP) is 2.82. The van der Waals surface area contributed by atoms with Gasteiger partial charge in [-0.25, -0.2) is 9.78 Å². The van der Waals surface area contributed by atoms with E-state index in [2.05, 4.69) is 4.98 Å². The van der Waals surface area contributed by atoms with E-state index < -0.39 is 17.8 Å². The van der Waals surface area contributed by atoms with E-state index in [9.17, 15) is 22.8 Å². The third-order valence-corrected chi connectivity index (χ3v) is 5.84. The van der Waals surface area contributed by atoms with E-state index >= 15 is 0 Å². The molecule has 1 atom stereocenters. The molecule has 1 unspecified atom stereocenters. The second-order valence-corrected chi connectivity index (χ2v) is 8.05. The standard InChI is InChI=1S/C20H26ClF3N4O3/c1-2-31-19(30)16-5-3-4-6-28(16)17(29)13-26-7-9-27(10-8-26)18-15(21)11-14(12-25-18)20(22,23)24/h11-12,16H,2-10,13H2,1H3. The number of anilines is 1. The lowest BCUT2D eigenvalue weighted by atomic mass is 10.0. The van der Waals surface area contributed by atoms with Gasteiger partial charge in [0.15, 0.2) is 0 Å². The van der Waals surface area contributed by atoms with Crippen LogP contribution in [0.2, 0.25) is 5.02 Å². The third-order valence-electron chi connectivity index (χ3n) is 5.56. The zero-order valence-electron chi connectivity index (χ0n) is 17.3. The maximum absolute atomic E-state index is 12.8. The van der Waals surface area contributed by atoms with Crippen LogP contribution in [0.1, 0.15) is 31.7 Å². The smallest absolute Gasteiger partial charge is 0.417 e. The van der Waals surface area contributed by atoms with Crippen LogP contribution in [0, 0.1) is 0 Å². The van der Waals surface area contributed by atoms with Crippen molar-refractivity contribution in [3.05, 3.63) is 22.8 Å². The number of aromatic nitrogens is 1. The summed E-state index contributed by atoms with van der Waals surface area (Å²) in [6.07, 6.45) is -1.37. The maximum Gasteiger partial charge on any atom is 0.417 e. The fraction of sp³-hybridized carbons (Fsp3) is 0.650. The molecule has 31 heavy (non-hydrogen) atoms. The topological polar surface area (TPSA) is 66.0 Å². The summed E-state index contributed by atoms with van der Waals surface area (Å²) >= 11 is 6.04. The van der Waals surface area contributed by atoms with Crippen molar-refractivity contribution < 1.29 is 27.5 Å². The Balaban J connectivity index is 1.56. The van der Waals surface area contributed by atoms with Gasteiger partial charge in [-0.05, 0) is 32.3 Å². The number of hydrogen-bond donors (Lipinski definition) is 0. The Morgan fingerprint density at radius 3 is 2.52 bits per heavy atom. The van der Waals surface area contributed by atoms with Gasteiger partial charge in [0, 0.05) is 38.9 Å². The number of carbonyl (C=O) groups is 2. The van der Waals surface area contributed by atoms with Crippen molar-refractivity contribution in [2.75, 3.05) is 50.8 Å². The Morgan fingerprint density at radius 1 is 1.19 bits per heavy atom. The van der Waals surface area contributed by atoms with E-state index in [1.807, 2.05) is 9.80 Å². The van der Waals surface area contributed by atoms with Gasteiger partial charge < -0.3 is 14.5 Å². The number of pyridine rings is 1. The van der Waals surface area contributed by atoms with E-state index in [0.717, 1.165) is 25.1 Å². The molecule has 0 spiro atoms. The minimum atomic E-state index is -4.50. The van der Waals surface area contributed by atoms with Crippen LogP contribution in [-0.4, -0.2) is 78.6 Å². The van der Waals surface area contributed by atoms with Gasteiger partial charge in [0.25, 0.3) is 0 Å². The summed E-state index contributed by atoms with van der Waals surface area (Å²) in [6, 6.07) is 0.351. The van der Waals surface area contributed by atoms with Crippen LogP contribution in [0.5, 0.6) is 0 Å². The molecule has 0 N–H and O–H groups in total. The number of likely N-dealkylation sites (tertiary alicyclic amines) is 1. The number of nitrogens with zero attached hydrogens (tertiary/aromatic N) is 4. The molecule has 7 nitrogen and oxygen atoms in total. The molecule has 2 aliphatic heterocycles. The molecule has 1 aromatic rings. The highest BCUT2D eigenvalue weighted by Crippen LogP contribution is 2.33. The molecule has 0 aliphatic carbocycles. The first-order chi connectivity index (χ1) is 14.7. The Morgan fingerprint density at radius 2 is 1.90 bits per heavy atom. The molecule has 11 heteroatoms. The highest BCUT2D eigenvalue weighted by Gasteiger charge is 2.35. The van der Waals surface area contributed by atoms with Gasteiger partial charge in [0.2, 0.25) is 5.91 Å². The van der Waals surface area contributed by atoms with Gasteiger partial charge in [-0.15, -0.1) is 0 Å². The first-order valence-electron chi connectivity index (χ1n) is 10.4. The second-order valence-electron chi connectivity index (χ2n) is 7.64. The normalized spacial score (nSPS) is 20.6. The van der Waals surface area contributed by atoms with Gasteiger partial charge >= 0.3 is 12.1 Å². The molecule has 2 saturated heterocycles. The van der Waals surface area contributed by atoms with Gasteiger partial charge in [-0.3, -0.25) is 9.69 Å². The zero-order valence-corrected chi connectivity index (χ0v) is 18.1. The maximum atomic E-state index is 12.8. The molecule has 3 rings (SSSR count). The molecule has 172 valence electrons. The first kappa shape index (κ1) is 23.6. The van der Waals surface area contributed by atoms with Crippen LogP contribution >= 0.6 is 11.6 Å². The SMILES string of the molecule is CCOC(=O)C1CCCCN1C(=O)CN1CCN(c2ncc(C(F)(F)F)cc2Cl)CC1. The van der Waals surface area contributed by atoms with E-state index in [0.29, 0.717) is 45.0 Å². The number of hydrogen-bond acceptors (Lipinski definition) is 6. The van der Waals surface area contributed by atoms with Gasteiger partial charge in [-0.1, -0.05) is 11.6 Å². The van der Waals surface area contributed by atoms with Crippen molar-refractivity contribution in [3.63, 3.8) is 0 Å². The summed E-state index contributed by atoms with van der Waals surface area (Å²) in [5, 5.41) is -0.0510. The summed E-state index contributed by atoms with van der Waals surface area (Å²) in [6.45, 7) is 4.75. The predicted molar refractivity (Wildman–Crippen MR) is 109 cm³/mol. The molecular weight excluding hydrogens is 437 g/mol. The van der Waals surface area contributed by atoms with Gasteiger partial charge in [0.05, 0.1) is 23.7 Å². The average molecular weight is 463 g/mol. The quantitative estimate of drug-likeness (QED) is 0.627. The lowest BCUT2D eigenvalue weighted by Crippen LogP contribution is -2.54. The summed E-state index contributed by atoms with van der Waals surface area (Å²) in [4.78, 5) is 34.3. The number of ether oxygens (including phenoxy) is 1. The average Bonchev–Trinajstić information content (AvgIpc) is 2.74.